The molecule has 0 saturated heterocycles. The van der Waals surface area contributed by atoms with Crippen molar-refractivity contribution in [1.82, 2.24) is 4.57 Å². The largest absolute Gasteiger partial charge is 0.465 e. The van der Waals surface area contributed by atoms with Crippen LogP contribution in [0.25, 0.3) is 21.8 Å². The van der Waals surface area contributed by atoms with Gasteiger partial charge in [0.05, 0.1) is 18.4 Å². The van der Waals surface area contributed by atoms with Gasteiger partial charge in [-0.1, -0.05) is 24.3 Å². The molecule has 0 aliphatic carbocycles. The topological polar surface area (TPSA) is 43.6 Å². The number of rotatable bonds is 4. The molecule has 4 aromatic rings. The molecule has 1 heterocycles. The van der Waals surface area contributed by atoms with Gasteiger partial charge in [-0.15, -0.1) is 0 Å². The van der Waals surface area contributed by atoms with Crippen LogP contribution in [0.5, 0.6) is 0 Å². The lowest BCUT2D eigenvalue weighted by Crippen LogP contribution is -1.99. The molecule has 0 unspecified atom stereocenters. The zero-order chi connectivity index (χ0) is 18.8. The predicted octanol–water partition coefficient (Wildman–Crippen LogP) is 5.35. The first-order valence-corrected chi connectivity index (χ1v) is 8.94. The second-order valence-corrected chi connectivity index (χ2v) is 6.33. The minimum absolute atomic E-state index is 0.344. The first kappa shape index (κ1) is 17.0. The van der Waals surface area contributed by atoms with E-state index in [1.54, 1.807) is 12.1 Å². The lowest BCUT2D eigenvalue weighted by atomic mass is 10.1. The van der Waals surface area contributed by atoms with Crippen LogP contribution in [-0.4, -0.2) is 23.9 Å². The summed E-state index contributed by atoms with van der Waals surface area (Å²) in [5.41, 5.74) is 4.84. The molecule has 0 saturated carbocycles. The SMILES string of the molecule is CCn1c2ccccc2c2cc(C=Nc3ccc(C(=O)OC)cc3)ccc21. The third-order valence-corrected chi connectivity index (χ3v) is 4.76. The Labute approximate surface area is 157 Å². The Bertz CT molecular complexity index is 1150. The van der Waals surface area contributed by atoms with E-state index in [1.807, 2.05) is 18.3 Å². The van der Waals surface area contributed by atoms with E-state index in [-0.39, 0.29) is 5.97 Å². The van der Waals surface area contributed by atoms with Crippen molar-refractivity contribution in [2.45, 2.75) is 13.5 Å². The molecule has 0 aliphatic heterocycles. The molecule has 3 aromatic carbocycles. The van der Waals surface area contributed by atoms with Crippen LogP contribution >= 0.6 is 0 Å². The normalized spacial score (nSPS) is 11.5. The average Bonchev–Trinajstić information content (AvgIpc) is 3.05. The highest BCUT2D eigenvalue weighted by Gasteiger charge is 2.09. The highest BCUT2D eigenvalue weighted by Crippen LogP contribution is 2.29. The number of hydrogen-bond acceptors (Lipinski definition) is 3. The summed E-state index contributed by atoms with van der Waals surface area (Å²) >= 11 is 0. The van der Waals surface area contributed by atoms with E-state index in [1.165, 1.54) is 28.9 Å². The summed E-state index contributed by atoms with van der Waals surface area (Å²) in [7, 11) is 1.38. The van der Waals surface area contributed by atoms with Crippen LogP contribution in [0, 0.1) is 0 Å². The number of fused-ring (bicyclic) bond motifs is 3. The van der Waals surface area contributed by atoms with Crippen LogP contribution in [-0.2, 0) is 11.3 Å². The standard InChI is InChI=1S/C23H20N2O2/c1-3-25-21-7-5-4-6-19(21)20-14-16(8-13-22(20)25)15-24-18-11-9-17(10-12-18)23(26)27-2/h4-15H,3H2,1-2H3. The van der Waals surface area contributed by atoms with Crippen LogP contribution in [0.1, 0.15) is 22.8 Å². The Hall–Kier alpha value is -3.40. The number of aromatic nitrogens is 1. The summed E-state index contributed by atoms with van der Waals surface area (Å²) in [6.07, 6.45) is 1.85. The van der Waals surface area contributed by atoms with E-state index in [2.05, 4.69) is 58.9 Å². The smallest absolute Gasteiger partial charge is 0.337 e. The number of esters is 1. The number of para-hydroxylation sites is 1. The predicted molar refractivity (Wildman–Crippen MR) is 110 cm³/mol. The molecule has 0 bridgehead atoms. The molecular formula is C23H20N2O2. The lowest BCUT2D eigenvalue weighted by Gasteiger charge is -2.02. The molecule has 0 radical (unpaired) electrons. The van der Waals surface area contributed by atoms with Gasteiger partial charge in [0, 0.05) is 34.6 Å². The maximum absolute atomic E-state index is 11.5. The third-order valence-electron chi connectivity index (χ3n) is 4.76. The van der Waals surface area contributed by atoms with Crippen molar-refractivity contribution in [3.05, 3.63) is 77.9 Å². The van der Waals surface area contributed by atoms with Gasteiger partial charge in [-0.25, -0.2) is 4.79 Å². The van der Waals surface area contributed by atoms with Gasteiger partial charge in [0.2, 0.25) is 0 Å². The molecule has 1 aromatic heterocycles. The van der Waals surface area contributed by atoms with Crippen LogP contribution < -0.4 is 0 Å². The number of ether oxygens (including phenoxy) is 1. The van der Waals surface area contributed by atoms with Gasteiger partial charge >= 0.3 is 5.97 Å². The minimum atomic E-state index is -0.344. The fourth-order valence-electron chi connectivity index (χ4n) is 3.44. The Morgan fingerprint density at radius 2 is 1.74 bits per heavy atom. The van der Waals surface area contributed by atoms with Crippen molar-refractivity contribution >= 4 is 39.7 Å². The van der Waals surface area contributed by atoms with Gasteiger partial charge in [0.15, 0.2) is 0 Å². The summed E-state index contributed by atoms with van der Waals surface area (Å²) < 4.78 is 7.04. The van der Waals surface area contributed by atoms with E-state index in [4.69, 9.17) is 4.74 Å². The molecule has 134 valence electrons. The van der Waals surface area contributed by atoms with Crippen molar-refractivity contribution in [3.63, 3.8) is 0 Å². The molecule has 4 heteroatoms. The summed E-state index contributed by atoms with van der Waals surface area (Å²) in [6.45, 7) is 3.10. The highest BCUT2D eigenvalue weighted by molar-refractivity contribution is 6.09. The number of nitrogens with zero attached hydrogens (tertiary/aromatic N) is 2. The molecule has 0 aliphatic rings. The fraction of sp³-hybridized carbons (Fsp3) is 0.130. The average molecular weight is 356 g/mol. The lowest BCUT2D eigenvalue weighted by molar-refractivity contribution is 0.0601. The molecule has 0 spiro atoms. The van der Waals surface area contributed by atoms with Gasteiger partial charge in [0.25, 0.3) is 0 Å². The van der Waals surface area contributed by atoms with E-state index < -0.39 is 0 Å². The molecular weight excluding hydrogens is 336 g/mol. The monoisotopic (exact) mass is 356 g/mol. The molecule has 4 rings (SSSR count). The van der Waals surface area contributed by atoms with Gasteiger partial charge < -0.3 is 9.30 Å². The number of carbonyl (C=O) groups is 1. The zero-order valence-electron chi connectivity index (χ0n) is 15.3. The van der Waals surface area contributed by atoms with Crippen LogP contribution in [0.15, 0.2) is 71.7 Å². The number of methoxy groups -OCH3 is 1. The maximum Gasteiger partial charge on any atom is 0.337 e. The Morgan fingerprint density at radius 1 is 1.00 bits per heavy atom. The van der Waals surface area contributed by atoms with Crippen molar-refractivity contribution in [1.29, 1.82) is 0 Å². The number of aliphatic imine (C=N–C) groups is 1. The van der Waals surface area contributed by atoms with E-state index >= 15 is 0 Å². The number of carbonyl (C=O) groups excluding carboxylic acids is 1. The van der Waals surface area contributed by atoms with Gasteiger partial charge in [0.1, 0.15) is 0 Å². The first-order valence-electron chi connectivity index (χ1n) is 8.94. The molecule has 4 nitrogen and oxygen atoms in total. The molecule has 0 fully saturated rings. The van der Waals surface area contributed by atoms with Gasteiger partial charge in [-0.3, -0.25) is 4.99 Å². The van der Waals surface area contributed by atoms with Crippen LogP contribution in [0.4, 0.5) is 5.69 Å². The van der Waals surface area contributed by atoms with Gasteiger partial charge in [-0.05, 0) is 55.0 Å². The second kappa shape index (κ2) is 7.08. The van der Waals surface area contributed by atoms with E-state index in [9.17, 15) is 4.79 Å². The van der Waals surface area contributed by atoms with E-state index in [0.29, 0.717) is 5.56 Å². The molecule has 0 atom stereocenters. The molecule has 0 N–H and O–H groups in total. The summed E-state index contributed by atoms with van der Waals surface area (Å²) in [5, 5.41) is 2.49. The van der Waals surface area contributed by atoms with Crippen molar-refractivity contribution in [2.24, 2.45) is 4.99 Å². The van der Waals surface area contributed by atoms with Crippen molar-refractivity contribution in [2.75, 3.05) is 7.11 Å². The fourth-order valence-corrected chi connectivity index (χ4v) is 3.44. The van der Waals surface area contributed by atoms with Crippen LogP contribution in [0.3, 0.4) is 0 Å². The quantitative estimate of drug-likeness (QED) is 0.365. The number of benzene rings is 3. The minimum Gasteiger partial charge on any atom is -0.465 e. The zero-order valence-corrected chi connectivity index (χ0v) is 15.3. The second-order valence-electron chi connectivity index (χ2n) is 6.33. The molecule has 0 amide bonds. The molecule has 27 heavy (non-hydrogen) atoms. The highest BCUT2D eigenvalue weighted by atomic mass is 16.5. The summed E-state index contributed by atoms with van der Waals surface area (Å²) in [5.74, 6) is -0.344. The summed E-state index contributed by atoms with van der Waals surface area (Å²) in [4.78, 5) is 16.0. The Kier molecular flexibility index (Phi) is 4.47. The van der Waals surface area contributed by atoms with Gasteiger partial charge in [-0.2, -0.15) is 0 Å². The number of hydrogen-bond donors (Lipinski definition) is 0. The van der Waals surface area contributed by atoms with Crippen molar-refractivity contribution < 1.29 is 9.53 Å². The first-order chi connectivity index (χ1) is 13.2. The maximum atomic E-state index is 11.5. The van der Waals surface area contributed by atoms with E-state index in [0.717, 1.165) is 17.8 Å². The van der Waals surface area contributed by atoms with Crippen molar-refractivity contribution in [3.8, 4) is 0 Å². The third kappa shape index (κ3) is 3.10. The van der Waals surface area contributed by atoms with Crippen LogP contribution in [0.2, 0.25) is 0 Å². The number of aryl methyl sites for hydroxylation is 1. The summed E-state index contributed by atoms with van der Waals surface area (Å²) in [6, 6.07) is 21.9. The Balaban J connectivity index is 1.69. The Morgan fingerprint density at radius 3 is 2.48 bits per heavy atom.